The van der Waals surface area contributed by atoms with Gasteiger partial charge in [0.1, 0.15) is 6.10 Å². The van der Waals surface area contributed by atoms with Crippen molar-refractivity contribution >= 4 is 35.5 Å². The Hall–Kier alpha value is 0.430. The second-order valence-corrected chi connectivity index (χ2v) is 3.79. The van der Waals surface area contributed by atoms with Crippen LogP contribution in [0.5, 0.6) is 0 Å². The summed E-state index contributed by atoms with van der Waals surface area (Å²) >= 11 is 0. The zero-order valence-electron chi connectivity index (χ0n) is 8.29. The third-order valence-corrected chi connectivity index (χ3v) is 2.42. The summed E-state index contributed by atoms with van der Waals surface area (Å²) in [6, 6.07) is 0.230. The number of carbonyl (C=O) groups is 1. The molecule has 1 saturated carbocycles. The third-order valence-electron chi connectivity index (χ3n) is 2.42. The Morgan fingerprint density at radius 3 is 2.79 bits per heavy atom. The SMILES string of the molecule is CCCC(=O)OC1CCC[C@@H](N)C1.[NaH]. The number of rotatable bonds is 3. The average Bonchev–Trinajstić information content (AvgIpc) is 2.04. The Morgan fingerprint density at radius 2 is 2.21 bits per heavy atom. The predicted molar refractivity (Wildman–Crippen MR) is 58.4 cm³/mol. The van der Waals surface area contributed by atoms with E-state index in [9.17, 15) is 4.79 Å². The second-order valence-electron chi connectivity index (χ2n) is 3.79. The first kappa shape index (κ1) is 14.4. The zero-order valence-corrected chi connectivity index (χ0v) is 8.29. The molecule has 2 N–H and O–H groups in total. The fraction of sp³-hybridized carbons (Fsp3) is 0.900. The summed E-state index contributed by atoms with van der Waals surface area (Å²) < 4.78 is 5.28. The summed E-state index contributed by atoms with van der Waals surface area (Å²) in [6.07, 6.45) is 5.47. The molecule has 0 aliphatic heterocycles. The molecule has 0 radical (unpaired) electrons. The van der Waals surface area contributed by atoms with E-state index >= 15 is 0 Å². The van der Waals surface area contributed by atoms with Crippen molar-refractivity contribution < 1.29 is 9.53 Å². The molecule has 0 saturated heterocycles. The van der Waals surface area contributed by atoms with Crippen molar-refractivity contribution in [2.24, 2.45) is 5.73 Å². The molecule has 0 aromatic rings. The maximum absolute atomic E-state index is 11.2. The van der Waals surface area contributed by atoms with Crippen LogP contribution >= 0.6 is 0 Å². The van der Waals surface area contributed by atoms with Crippen LogP contribution in [0.1, 0.15) is 45.4 Å². The molecular weight excluding hydrogens is 189 g/mol. The molecule has 0 aromatic heterocycles. The van der Waals surface area contributed by atoms with Gasteiger partial charge in [0.05, 0.1) is 0 Å². The number of carbonyl (C=O) groups excluding carboxylic acids is 1. The Balaban J connectivity index is 0.00000169. The summed E-state index contributed by atoms with van der Waals surface area (Å²) in [5, 5.41) is 0. The quantitative estimate of drug-likeness (QED) is 0.556. The van der Waals surface area contributed by atoms with E-state index < -0.39 is 0 Å². The summed E-state index contributed by atoms with van der Waals surface area (Å²) in [5.41, 5.74) is 5.78. The van der Waals surface area contributed by atoms with Gasteiger partial charge in [-0.3, -0.25) is 4.79 Å². The number of ether oxygens (including phenoxy) is 1. The Kier molecular flexibility index (Phi) is 7.92. The van der Waals surface area contributed by atoms with Crippen LogP contribution in [0, 0.1) is 0 Å². The minimum absolute atomic E-state index is 0. The van der Waals surface area contributed by atoms with E-state index in [2.05, 4.69) is 0 Å². The van der Waals surface area contributed by atoms with Crippen molar-refractivity contribution in [1.29, 1.82) is 0 Å². The summed E-state index contributed by atoms with van der Waals surface area (Å²) in [6.45, 7) is 1.98. The molecule has 0 spiro atoms. The maximum atomic E-state index is 11.2. The van der Waals surface area contributed by atoms with E-state index in [1.54, 1.807) is 0 Å². The number of nitrogens with two attached hydrogens (primary N) is 1. The van der Waals surface area contributed by atoms with Crippen molar-refractivity contribution in [2.45, 2.75) is 57.6 Å². The van der Waals surface area contributed by atoms with Crippen molar-refractivity contribution in [3.63, 3.8) is 0 Å². The van der Waals surface area contributed by atoms with Gasteiger partial charge in [0.2, 0.25) is 0 Å². The average molecular weight is 209 g/mol. The van der Waals surface area contributed by atoms with Gasteiger partial charge in [-0.25, -0.2) is 0 Å². The van der Waals surface area contributed by atoms with Crippen LogP contribution in [0.4, 0.5) is 0 Å². The molecule has 78 valence electrons. The van der Waals surface area contributed by atoms with E-state index in [1.165, 1.54) is 0 Å². The van der Waals surface area contributed by atoms with E-state index in [0.29, 0.717) is 6.42 Å². The van der Waals surface area contributed by atoms with E-state index in [-0.39, 0.29) is 47.7 Å². The van der Waals surface area contributed by atoms with Crippen LogP contribution in [-0.4, -0.2) is 47.7 Å². The van der Waals surface area contributed by atoms with Crippen molar-refractivity contribution in [3.8, 4) is 0 Å². The zero-order chi connectivity index (χ0) is 9.68. The van der Waals surface area contributed by atoms with Crippen molar-refractivity contribution in [1.82, 2.24) is 0 Å². The van der Waals surface area contributed by atoms with Gasteiger partial charge in [-0.1, -0.05) is 6.92 Å². The standard InChI is InChI=1S/C10H19NO2.Na.H/c1-2-4-10(12)13-9-6-3-5-8(11)7-9;;/h8-9H,2-7,11H2,1H3;;/t8-,9?;;/m1../s1. The molecule has 3 nitrogen and oxygen atoms in total. The van der Waals surface area contributed by atoms with Gasteiger partial charge in [0.15, 0.2) is 0 Å². The second kappa shape index (κ2) is 7.69. The Morgan fingerprint density at radius 1 is 1.50 bits per heavy atom. The number of hydrogen-bond donors (Lipinski definition) is 1. The van der Waals surface area contributed by atoms with Gasteiger partial charge < -0.3 is 10.5 Å². The van der Waals surface area contributed by atoms with E-state index in [4.69, 9.17) is 10.5 Å². The molecule has 2 atom stereocenters. The molecule has 14 heavy (non-hydrogen) atoms. The predicted octanol–water partition coefficient (Wildman–Crippen LogP) is 0.951. The third kappa shape index (κ3) is 5.35. The van der Waals surface area contributed by atoms with Crippen molar-refractivity contribution in [3.05, 3.63) is 0 Å². The molecule has 1 unspecified atom stereocenters. The van der Waals surface area contributed by atoms with Crippen LogP contribution in [0.25, 0.3) is 0 Å². The topological polar surface area (TPSA) is 52.3 Å². The van der Waals surface area contributed by atoms with Crippen LogP contribution < -0.4 is 5.73 Å². The van der Waals surface area contributed by atoms with Gasteiger partial charge in [0.25, 0.3) is 0 Å². The summed E-state index contributed by atoms with van der Waals surface area (Å²) in [5.74, 6) is -0.0680. The van der Waals surface area contributed by atoms with Gasteiger partial charge in [0, 0.05) is 12.5 Å². The molecule has 1 aliphatic rings. The summed E-state index contributed by atoms with van der Waals surface area (Å²) in [4.78, 5) is 11.2. The molecule has 0 amide bonds. The molecule has 0 bridgehead atoms. The van der Waals surface area contributed by atoms with Crippen LogP contribution in [-0.2, 0) is 9.53 Å². The Labute approximate surface area is 108 Å². The van der Waals surface area contributed by atoms with Crippen LogP contribution in [0.2, 0.25) is 0 Å². The van der Waals surface area contributed by atoms with Crippen molar-refractivity contribution in [2.75, 3.05) is 0 Å². The van der Waals surface area contributed by atoms with Crippen LogP contribution in [0.3, 0.4) is 0 Å². The molecule has 1 aliphatic carbocycles. The first-order chi connectivity index (χ1) is 6.22. The first-order valence-electron chi connectivity index (χ1n) is 5.17. The fourth-order valence-corrected chi connectivity index (χ4v) is 1.74. The van der Waals surface area contributed by atoms with Crippen LogP contribution in [0.15, 0.2) is 0 Å². The molecular formula is C10H20NNaO2. The van der Waals surface area contributed by atoms with Gasteiger partial charge >= 0.3 is 35.5 Å². The first-order valence-corrected chi connectivity index (χ1v) is 5.17. The van der Waals surface area contributed by atoms with Gasteiger partial charge in [-0.15, -0.1) is 0 Å². The monoisotopic (exact) mass is 209 g/mol. The van der Waals surface area contributed by atoms with Gasteiger partial charge in [-0.2, -0.15) is 0 Å². The number of esters is 1. The number of hydrogen-bond acceptors (Lipinski definition) is 3. The minimum atomic E-state index is -0.0680. The summed E-state index contributed by atoms with van der Waals surface area (Å²) in [7, 11) is 0. The molecule has 4 heteroatoms. The van der Waals surface area contributed by atoms with E-state index in [1.807, 2.05) is 6.92 Å². The molecule has 1 rings (SSSR count). The van der Waals surface area contributed by atoms with E-state index in [0.717, 1.165) is 32.1 Å². The molecule has 1 fully saturated rings. The van der Waals surface area contributed by atoms with Gasteiger partial charge in [-0.05, 0) is 32.1 Å². The normalized spacial score (nSPS) is 26.4. The Bertz CT molecular complexity index is 176. The molecule has 0 aromatic carbocycles. The fourth-order valence-electron chi connectivity index (χ4n) is 1.74. The molecule has 0 heterocycles.